The molecule has 68 valence electrons. The second-order valence-corrected chi connectivity index (χ2v) is 3.87. The first-order chi connectivity index (χ1) is 4.83. The van der Waals surface area contributed by atoms with Gasteiger partial charge in [-0.15, -0.1) is 0 Å². The second kappa shape index (κ2) is 3.55. The summed E-state index contributed by atoms with van der Waals surface area (Å²) in [5.41, 5.74) is -0.944. The third kappa shape index (κ3) is 1.94. The molecule has 2 nitrogen and oxygen atoms in total. The summed E-state index contributed by atoms with van der Waals surface area (Å²) >= 11 is 0. The van der Waals surface area contributed by atoms with Crippen molar-refractivity contribution in [2.75, 3.05) is 0 Å². The first kappa shape index (κ1) is 10.9. The molecule has 0 amide bonds. The molecule has 0 aromatic rings. The summed E-state index contributed by atoms with van der Waals surface area (Å²) in [6.45, 7) is 9.33. The molecular weight excluding hydrogens is 140 g/mol. The van der Waals surface area contributed by atoms with Crippen LogP contribution in [0.4, 0.5) is 0 Å². The second-order valence-electron chi connectivity index (χ2n) is 3.87. The number of hydrogen-bond donors (Lipinski definition) is 2. The van der Waals surface area contributed by atoms with Crippen LogP contribution in [-0.2, 0) is 0 Å². The van der Waals surface area contributed by atoms with Crippen molar-refractivity contribution in [2.45, 2.75) is 46.3 Å². The highest BCUT2D eigenvalue weighted by Crippen LogP contribution is 2.29. The maximum absolute atomic E-state index is 9.99. The minimum atomic E-state index is -0.944. The van der Waals surface area contributed by atoms with Gasteiger partial charge in [0.15, 0.2) is 0 Å². The van der Waals surface area contributed by atoms with Gasteiger partial charge in [0.1, 0.15) is 0 Å². The lowest BCUT2D eigenvalue weighted by atomic mass is 9.77. The van der Waals surface area contributed by atoms with Crippen molar-refractivity contribution in [1.29, 1.82) is 0 Å². The highest BCUT2D eigenvalue weighted by Gasteiger charge is 2.39. The molecule has 0 aromatic heterocycles. The largest absolute Gasteiger partial charge is 0.390 e. The molecule has 0 spiro atoms. The average Bonchev–Trinajstić information content (AvgIpc) is 1.84. The van der Waals surface area contributed by atoms with Crippen molar-refractivity contribution < 1.29 is 10.2 Å². The van der Waals surface area contributed by atoms with Gasteiger partial charge in [-0.25, -0.2) is 0 Å². The molecular formula is C9H20O2. The van der Waals surface area contributed by atoms with Crippen LogP contribution < -0.4 is 0 Å². The Kier molecular flexibility index (Phi) is 3.52. The van der Waals surface area contributed by atoms with Crippen LogP contribution in [0.5, 0.6) is 0 Å². The predicted octanol–water partition coefficient (Wildman–Crippen LogP) is 1.41. The van der Waals surface area contributed by atoms with E-state index in [1.54, 1.807) is 6.92 Å². The van der Waals surface area contributed by atoms with Crippen LogP contribution in [0.3, 0.4) is 0 Å². The van der Waals surface area contributed by atoms with Crippen LogP contribution in [0.15, 0.2) is 0 Å². The summed E-state index contributed by atoms with van der Waals surface area (Å²) in [6.07, 6.45) is -0.664. The lowest BCUT2D eigenvalue weighted by Crippen LogP contribution is -2.49. The van der Waals surface area contributed by atoms with Crippen molar-refractivity contribution in [2.24, 2.45) is 11.8 Å². The van der Waals surface area contributed by atoms with Crippen LogP contribution in [-0.4, -0.2) is 21.9 Å². The number of rotatable bonds is 3. The molecule has 11 heavy (non-hydrogen) atoms. The SMILES string of the molecule is CC(C)C(O)(C(C)C)[C@H](C)O. The molecule has 0 radical (unpaired) electrons. The van der Waals surface area contributed by atoms with Crippen molar-refractivity contribution >= 4 is 0 Å². The topological polar surface area (TPSA) is 40.5 Å². The minimum Gasteiger partial charge on any atom is -0.390 e. The molecule has 0 aliphatic rings. The molecule has 0 heterocycles. The first-order valence-corrected chi connectivity index (χ1v) is 4.23. The monoisotopic (exact) mass is 160 g/mol. The summed E-state index contributed by atoms with van der Waals surface area (Å²) in [5.74, 6) is 0.171. The molecule has 0 fully saturated rings. The van der Waals surface area contributed by atoms with E-state index in [1.807, 2.05) is 27.7 Å². The minimum absolute atomic E-state index is 0.0856. The zero-order valence-electron chi connectivity index (χ0n) is 8.13. The van der Waals surface area contributed by atoms with E-state index in [0.29, 0.717) is 0 Å². The highest BCUT2D eigenvalue weighted by atomic mass is 16.3. The summed E-state index contributed by atoms with van der Waals surface area (Å²) in [6, 6.07) is 0. The van der Waals surface area contributed by atoms with E-state index < -0.39 is 11.7 Å². The molecule has 0 aliphatic carbocycles. The van der Waals surface area contributed by atoms with Gasteiger partial charge in [0.2, 0.25) is 0 Å². The van der Waals surface area contributed by atoms with Gasteiger partial charge >= 0.3 is 0 Å². The van der Waals surface area contributed by atoms with Crippen LogP contribution >= 0.6 is 0 Å². The van der Waals surface area contributed by atoms with Crippen molar-refractivity contribution in [3.8, 4) is 0 Å². The van der Waals surface area contributed by atoms with Crippen LogP contribution in [0.25, 0.3) is 0 Å². The van der Waals surface area contributed by atoms with E-state index in [2.05, 4.69) is 0 Å². The van der Waals surface area contributed by atoms with Gasteiger partial charge in [-0.2, -0.15) is 0 Å². The number of aliphatic hydroxyl groups excluding tert-OH is 1. The molecule has 0 saturated heterocycles. The number of aliphatic hydroxyl groups is 2. The summed E-state index contributed by atoms with van der Waals surface area (Å²) in [7, 11) is 0. The standard InChI is InChI=1S/C9H20O2/c1-6(2)9(11,7(3)4)8(5)10/h6-8,10-11H,1-5H3/t8-/m0/s1. The molecule has 1 atom stereocenters. The van der Waals surface area contributed by atoms with E-state index >= 15 is 0 Å². The quantitative estimate of drug-likeness (QED) is 0.655. The van der Waals surface area contributed by atoms with Gasteiger partial charge in [-0.05, 0) is 18.8 Å². The number of hydrogen-bond acceptors (Lipinski definition) is 2. The normalized spacial score (nSPS) is 16.1. The van der Waals surface area contributed by atoms with E-state index in [1.165, 1.54) is 0 Å². The maximum Gasteiger partial charge on any atom is 0.0948 e. The Morgan fingerprint density at radius 1 is 0.909 bits per heavy atom. The average molecular weight is 160 g/mol. The summed E-state index contributed by atoms with van der Waals surface area (Å²) in [4.78, 5) is 0. The summed E-state index contributed by atoms with van der Waals surface area (Å²) in [5, 5.41) is 19.4. The van der Waals surface area contributed by atoms with Crippen molar-refractivity contribution in [1.82, 2.24) is 0 Å². The Morgan fingerprint density at radius 3 is 1.18 bits per heavy atom. The zero-order valence-corrected chi connectivity index (χ0v) is 8.13. The fourth-order valence-electron chi connectivity index (χ4n) is 1.63. The fraction of sp³-hybridized carbons (Fsp3) is 1.00. The predicted molar refractivity (Wildman–Crippen MR) is 46.3 cm³/mol. The lowest BCUT2D eigenvalue weighted by Gasteiger charge is -2.38. The highest BCUT2D eigenvalue weighted by molar-refractivity contribution is 4.89. The maximum atomic E-state index is 9.99. The molecule has 0 bridgehead atoms. The molecule has 0 aromatic carbocycles. The summed E-state index contributed by atoms with van der Waals surface area (Å²) < 4.78 is 0. The molecule has 0 rings (SSSR count). The Balaban J connectivity index is 4.53. The van der Waals surface area contributed by atoms with E-state index in [-0.39, 0.29) is 11.8 Å². The van der Waals surface area contributed by atoms with E-state index in [0.717, 1.165) is 0 Å². The van der Waals surface area contributed by atoms with Crippen molar-refractivity contribution in [3.63, 3.8) is 0 Å². The first-order valence-electron chi connectivity index (χ1n) is 4.23. The molecule has 2 N–H and O–H groups in total. The Morgan fingerprint density at radius 2 is 1.18 bits per heavy atom. The van der Waals surface area contributed by atoms with Gasteiger partial charge in [0.25, 0.3) is 0 Å². The van der Waals surface area contributed by atoms with Crippen LogP contribution in [0.2, 0.25) is 0 Å². The molecule has 2 heteroatoms. The fourth-order valence-corrected chi connectivity index (χ4v) is 1.63. The van der Waals surface area contributed by atoms with Gasteiger partial charge < -0.3 is 10.2 Å². The Bertz CT molecular complexity index is 95.0. The van der Waals surface area contributed by atoms with Gasteiger partial charge in [-0.3, -0.25) is 0 Å². The third-order valence-corrected chi connectivity index (χ3v) is 2.52. The van der Waals surface area contributed by atoms with Gasteiger partial charge in [-0.1, -0.05) is 27.7 Å². The van der Waals surface area contributed by atoms with Crippen molar-refractivity contribution in [3.05, 3.63) is 0 Å². The van der Waals surface area contributed by atoms with Crippen LogP contribution in [0, 0.1) is 11.8 Å². The van der Waals surface area contributed by atoms with Crippen LogP contribution in [0.1, 0.15) is 34.6 Å². The lowest BCUT2D eigenvalue weighted by molar-refractivity contribution is -0.128. The smallest absolute Gasteiger partial charge is 0.0948 e. The van der Waals surface area contributed by atoms with Gasteiger partial charge in [0.05, 0.1) is 11.7 Å². The van der Waals surface area contributed by atoms with E-state index in [9.17, 15) is 10.2 Å². The molecule has 0 unspecified atom stereocenters. The zero-order chi connectivity index (χ0) is 9.23. The molecule has 0 aliphatic heterocycles. The third-order valence-electron chi connectivity index (χ3n) is 2.52. The Hall–Kier alpha value is -0.0800. The van der Waals surface area contributed by atoms with Gasteiger partial charge in [0, 0.05) is 0 Å². The molecule has 0 saturated carbocycles. The van der Waals surface area contributed by atoms with E-state index in [4.69, 9.17) is 0 Å². The Labute approximate surface area is 69.2 Å².